The summed E-state index contributed by atoms with van der Waals surface area (Å²) >= 11 is 0. The Labute approximate surface area is 210 Å². The number of aliphatic hydroxyl groups excluding tert-OH is 1. The van der Waals surface area contributed by atoms with Gasteiger partial charge in [0.1, 0.15) is 23.9 Å². The highest BCUT2D eigenvalue weighted by Gasteiger charge is 2.32. The number of aliphatic carboxylic acids is 1. The lowest BCUT2D eigenvalue weighted by atomic mass is 10.0. The molecule has 0 aliphatic carbocycles. The minimum atomic E-state index is -1.41. The lowest BCUT2D eigenvalue weighted by Gasteiger charge is -2.27. The monoisotopic (exact) mass is 509 g/mol. The van der Waals surface area contributed by atoms with E-state index in [9.17, 15) is 34.5 Å². The Morgan fingerprint density at radius 1 is 0.889 bits per heavy atom. The van der Waals surface area contributed by atoms with Gasteiger partial charge < -0.3 is 42.7 Å². The van der Waals surface area contributed by atoms with E-state index in [0.717, 1.165) is 0 Å². The highest BCUT2D eigenvalue weighted by Crippen LogP contribution is 2.11. The van der Waals surface area contributed by atoms with Crippen molar-refractivity contribution in [2.24, 2.45) is 17.4 Å². The maximum absolute atomic E-state index is 13.0. The van der Waals surface area contributed by atoms with Crippen molar-refractivity contribution in [3.8, 4) is 5.75 Å². The summed E-state index contributed by atoms with van der Waals surface area (Å²) in [5, 5.41) is 36.3. The lowest BCUT2D eigenvalue weighted by molar-refractivity contribution is -0.143. The predicted octanol–water partition coefficient (Wildman–Crippen LogP) is -1.03. The van der Waals surface area contributed by atoms with Crippen LogP contribution in [0.1, 0.15) is 45.6 Å². The molecule has 0 spiro atoms. The van der Waals surface area contributed by atoms with E-state index in [4.69, 9.17) is 11.5 Å². The number of benzene rings is 1. The minimum absolute atomic E-state index is 0.0655. The first-order valence-electron chi connectivity index (χ1n) is 11.9. The summed E-state index contributed by atoms with van der Waals surface area (Å²) in [7, 11) is 0. The number of nitrogens with one attached hydrogen (secondary N) is 3. The van der Waals surface area contributed by atoms with Gasteiger partial charge in [-0.1, -0.05) is 26.0 Å². The summed E-state index contributed by atoms with van der Waals surface area (Å²) in [6, 6.07) is 1.40. The zero-order chi connectivity index (χ0) is 27.4. The molecule has 0 saturated carbocycles. The third kappa shape index (κ3) is 10.2. The molecule has 202 valence electrons. The number of hydrogen-bond acceptors (Lipinski definition) is 8. The van der Waals surface area contributed by atoms with Crippen LogP contribution in [0, 0.1) is 5.92 Å². The second-order valence-electron chi connectivity index (χ2n) is 9.12. The SMILES string of the molecule is CC(C)C(NC(=O)C(CCCCN)NC(=O)C(NC(=O)C(N)Cc1ccc(O)cc1)C(C)O)C(=O)O. The van der Waals surface area contributed by atoms with E-state index >= 15 is 0 Å². The van der Waals surface area contributed by atoms with E-state index in [1.807, 2.05) is 0 Å². The summed E-state index contributed by atoms with van der Waals surface area (Å²) in [4.78, 5) is 49.9. The van der Waals surface area contributed by atoms with Crippen LogP contribution in [0.5, 0.6) is 5.75 Å². The van der Waals surface area contributed by atoms with Gasteiger partial charge in [-0.2, -0.15) is 0 Å². The van der Waals surface area contributed by atoms with Gasteiger partial charge in [-0.25, -0.2) is 4.79 Å². The Morgan fingerprint density at radius 2 is 1.47 bits per heavy atom. The van der Waals surface area contributed by atoms with Crippen molar-refractivity contribution in [3.05, 3.63) is 29.8 Å². The molecule has 12 heteroatoms. The number of phenolic OH excluding ortho intramolecular Hbond substituents is 1. The number of hydrogen-bond donors (Lipinski definition) is 8. The molecular formula is C24H39N5O7. The average Bonchev–Trinajstić information content (AvgIpc) is 2.80. The van der Waals surface area contributed by atoms with Crippen molar-refractivity contribution >= 4 is 23.7 Å². The van der Waals surface area contributed by atoms with Crippen molar-refractivity contribution in [2.45, 2.75) is 76.7 Å². The topological polar surface area (TPSA) is 217 Å². The normalized spacial score (nSPS) is 15.3. The number of carboxylic acids is 1. The van der Waals surface area contributed by atoms with Gasteiger partial charge in [-0.05, 0) is 62.8 Å². The van der Waals surface area contributed by atoms with E-state index in [1.54, 1.807) is 26.0 Å². The molecule has 5 unspecified atom stereocenters. The Hall–Kier alpha value is -3.22. The number of aliphatic hydroxyl groups is 1. The highest BCUT2D eigenvalue weighted by molar-refractivity contribution is 5.94. The zero-order valence-corrected chi connectivity index (χ0v) is 20.9. The second-order valence-corrected chi connectivity index (χ2v) is 9.12. The number of carboxylic acid groups (broad SMARTS) is 1. The van der Waals surface area contributed by atoms with Gasteiger partial charge in [-0.3, -0.25) is 14.4 Å². The van der Waals surface area contributed by atoms with Gasteiger partial charge in [0.05, 0.1) is 12.1 Å². The molecule has 3 amide bonds. The first-order valence-corrected chi connectivity index (χ1v) is 11.9. The fourth-order valence-corrected chi connectivity index (χ4v) is 3.43. The van der Waals surface area contributed by atoms with Crippen LogP contribution in [0.25, 0.3) is 0 Å². The molecule has 0 aliphatic heterocycles. The molecule has 1 aromatic rings. The number of carbonyl (C=O) groups excluding carboxylic acids is 3. The molecule has 1 aromatic carbocycles. The molecule has 0 saturated heterocycles. The van der Waals surface area contributed by atoms with Gasteiger partial charge in [0.25, 0.3) is 0 Å². The molecule has 12 nitrogen and oxygen atoms in total. The molecule has 0 bridgehead atoms. The van der Waals surface area contributed by atoms with E-state index in [-0.39, 0.29) is 18.6 Å². The number of carbonyl (C=O) groups is 4. The predicted molar refractivity (Wildman–Crippen MR) is 133 cm³/mol. The van der Waals surface area contributed by atoms with Gasteiger partial charge in [-0.15, -0.1) is 0 Å². The number of aromatic hydroxyl groups is 1. The van der Waals surface area contributed by atoms with Crippen LogP contribution in [0.2, 0.25) is 0 Å². The van der Waals surface area contributed by atoms with Crippen molar-refractivity contribution in [2.75, 3.05) is 6.54 Å². The summed E-state index contributed by atoms with van der Waals surface area (Å²) in [6.07, 6.45) is 0.0489. The number of rotatable bonds is 15. The summed E-state index contributed by atoms with van der Waals surface area (Å²) in [5.41, 5.74) is 12.2. The van der Waals surface area contributed by atoms with Gasteiger partial charge in [0, 0.05) is 0 Å². The molecule has 5 atom stereocenters. The van der Waals surface area contributed by atoms with Crippen LogP contribution >= 0.6 is 0 Å². The maximum atomic E-state index is 13.0. The molecule has 0 heterocycles. The van der Waals surface area contributed by atoms with E-state index in [1.165, 1.54) is 19.1 Å². The van der Waals surface area contributed by atoms with Crippen LogP contribution in [-0.2, 0) is 25.6 Å². The molecule has 1 rings (SSSR count). The van der Waals surface area contributed by atoms with Gasteiger partial charge >= 0.3 is 5.97 Å². The van der Waals surface area contributed by atoms with Crippen molar-refractivity contribution in [1.29, 1.82) is 0 Å². The molecule has 10 N–H and O–H groups in total. The maximum Gasteiger partial charge on any atom is 0.326 e. The molecule has 0 radical (unpaired) electrons. The zero-order valence-electron chi connectivity index (χ0n) is 20.9. The molecule has 0 fully saturated rings. The van der Waals surface area contributed by atoms with Crippen molar-refractivity contribution in [3.63, 3.8) is 0 Å². The first kappa shape index (κ1) is 30.8. The first-order chi connectivity index (χ1) is 16.9. The van der Waals surface area contributed by atoms with E-state index in [2.05, 4.69) is 16.0 Å². The quantitative estimate of drug-likeness (QED) is 0.135. The minimum Gasteiger partial charge on any atom is -0.508 e. The standard InChI is InChI=1S/C24H39N5O7/c1-13(2)19(24(35)36)28-22(33)18(6-4-5-11-25)27-23(34)20(14(3)30)29-21(32)17(26)12-15-7-9-16(31)10-8-15/h7-10,13-14,17-20,30-31H,4-6,11-12,25-26H2,1-3H3,(H,27,34)(H,28,33)(H,29,32)(H,35,36). The average molecular weight is 510 g/mol. The second kappa shape index (κ2) is 15.0. The van der Waals surface area contributed by atoms with Crippen LogP contribution in [-0.4, -0.2) is 75.8 Å². The van der Waals surface area contributed by atoms with Crippen LogP contribution in [0.4, 0.5) is 0 Å². The third-order valence-corrected chi connectivity index (χ3v) is 5.60. The van der Waals surface area contributed by atoms with Crippen LogP contribution < -0.4 is 27.4 Å². The summed E-state index contributed by atoms with van der Waals surface area (Å²) in [6.45, 7) is 4.96. The van der Waals surface area contributed by atoms with E-state index < -0.39 is 59.9 Å². The van der Waals surface area contributed by atoms with Gasteiger partial charge in [0.2, 0.25) is 17.7 Å². The van der Waals surface area contributed by atoms with Crippen molar-refractivity contribution < 1.29 is 34.5 Å². The number of phenols is 1. The Balaban J connectivity index is 2.92. The largest absolute Gasteiger partial charge is 0.508 e. The fourth-order valence-electron chi connectivity index (χ4n) is 3.43. The fraction of sp³-hybridized carbons (Fsp3) is 0.583. The van der Waals surface area contributed by atoms with Crippen LogP contribution in [0.3, 0.4) is 0 Å². The Morgan fingerprint density at radius 3 is 1.97 bits per heavy atom. The summed E-state index contributed by atoms with van der Waals surface area (Å²) in [5.74, 6) is -3.75. The number of unbranched alkanes of at least 4 members (excludes halogenated alkanes) is 1. The Kier molecular flexibility index (Phi) is 12.9. The molecule has 36 heavy (non-hydrogen) atoms. The lowest BCUT2D eigenvalue weighted by Crippen LogP contribution is -2.60. The summed E-state index contributed by atoms with van der Waals surface area (Å²) < 4.78 is 0. The third-order valence-electron chi connectivity index (χ3n) is 5.60. The molecular weight excluding hydrogens is 470 g/mol. The number of nitrogens with two attached hydrogens (primary N) is 2. The molecule has 0 aromatic heterocycles. The molecule has 0 aliphatic rings. The van der Waals surface area contributed by atoms with E-state index in [0.29, 0.717) is 24.9 Å². The van der Waals surface area contributed by atoms with Crippen LogP contribution in [0.15, 0.2) is 24.3 Å². The van der Waals surface area contributed by atoms with Gasteiger partial charge in [0.15, 0.2) is 0 Å². The Bertz CT molecular complexity index is 876. The highest BCUT2D eigenvalue weighted by atomic mass is 16.4. The number of amides is 3. The smallest absolute Gasteiger partial charge is 0.326 e. The van der Waals surface area contributed by atoms with Crippen molar-refractivity contribution in [1.82, 2.24) is 16.0 Å².